The van der Waals surface area contributed by atoms with Crippen molar-refractivity contribution in [1.29, 1.82) is 0 Å². The van der Waals surface area contributed by atoms with Gasteiger partial charge in [-0.1, -0.05) is 24.3 Å². The molecule has 0 amide bonds. The summed E-state index contributed by atoms with van der Waals surface area (Å²) in [5.41, 5.74) is 7.74. The van der Waals surface area contributed by atoms with E-state index in [0.717, 1.165) is 34.3 Å². The van der Waals surface area contributed by atoms with E-state index >= 15 is 0 Å². The monoisotopic (exact) mass is 390 g/mol. The lowest BCUT2D eigenvalue weighted by Crippen LogP contribution is -2.07. The summed E-state index contributed by atoms with van der Waals surface area (Å²) in [6, 6.07) is 15.4. The maximum Gasteiger partial charge on any atom is 0.144 e. The largest absolute Gasteiger partial charge is 0.495 e. The fourth-order valence-corrected chi connectivity index (χ4v) is 2.52. The number of benzene rings is 2. The van der Waals surface area contributed by atoms with Crippen LogP contribution in [0.25, 0.3) is 5.69 Å². The predicted octanol–water partition coefficient (Wildman–Crippen LogP) is 4.21. The summed E-state index contributed by atoms with van der Waals surface area (Å²) < 4.78 is 12.3. The second-order valence-corrected chi connectivity index (χ2v) is 5.72. The third-order valence-electron chi connectivity index (χ3n) is 4.23. The number of hydrazine groups is 1. The Hall–Kier alpha value is -2.70. The van der Waals surface area contributed by atoms with Crippen LogP contribution in [0.3, 0.4) is 0 Å². The van der Waals surface area contributed by atoms with Crippen molar-refractivity contribution >= 4 is 18.1 Å². The van der Waals surface area contributed by atoms with E-state index in [0.29, 0.717) is 0 Å². The molecule has 2 aromatic carbocycles. The summed E-state index contributed by atoms with van der Waals surface area (Å²) >= 11 is 0. The lowest BCUT2D eigenvalue weighted by atomic mass is 10.2. The highest BCUT2D eigenvalue weighted by Crippen LogP contribution is 2.25. The van der Waals surface area contributed by atoms with E-state index in [9.17, 15) is 0 Å². The molecule has 6 nitrogen and oxygen atoms in total. The SMILES string of the molecule is COc1ccccc1-n1nc(C)c(C)c1C.COc1ccccc1NN.Cl. The number of methoxy groups -OCH3 is 2. The van der Waals surface area contributed by atoms with E-state index in [-0.39, 0.29) is 12.4 Å². The molecule has 0 aliphatic rings. The minimum atomic E-state index is 0. The number of nitrogens with one attached hydrogen (secondary N) is 1. The third kappa shape index (κ3) is 5.15. The average Bonchev–Trinajstić information content (AvgIpc) is 2.95. The average molecular weight is 391 g/mol. The maximum absolute atomic E-state index is 5.34. The van der Waals surface area contributed by atoms with Crippen LogP contribution in [0.15, 0.2) is 48.5 Å². The molecule has 0 aliphatic carbocycles. The normalized spacial score (nSPS) is 9.56. The molecule has 0 radical (unpaired) electrons. The van der Waals surface area contributed by atoms with E-state index in [4.69, 9.17) is 15.3 Å². The molecule has 0 saturated carbocycles. The molecule has 0 unspecified atom stereocenters. The topological polar surface area (TPSA) is 74.3 Å². The fourth-order valence-electron chi connectivity index (χ4n) is 2.52. The summed E-state index contributed by atoms with van der Waals surface area (Å²) in [6.07, 6.45) is 0. The number of anilines is 1. The molecule has 0 bridgehead atoms. The summed E-state index contributed by atoms with van der Waals surface area (Å²) in [6.45, 7) is 6.18. The minimum Gasteiger partial charge on any atom is -0.495 e. The summed E-state index contributed by atoms with van der Waals surface area (Å²) in [7, 11) is 3.29. The van der Waals surface area contributed by atoms with Gasteiger partial charge in [-0.15, -0.1) is 12.4 Å². The summed E-state index contributed by atoms with van der Waals surface area (Å²) in [4.78, 5) is 0. The molecule has 7 heteroatoms. The van der Waals surface area contributed by atoms with Crippen LogP contribution in [-0.4, -0.2) is 24.0 Å². The molecule has 146 valence electrons. The highest BCUT2D eigenvalue weighted by molar-refractivity contribution is 5.85. The summed E-state index contributed by atoms with van der Waals surface area (Å²) in [5, 5.41) is 4.53. The first-order valence-electron chi connectivity index (χ1n) is 8.29. The second kappa shape index (κ2) is 10.4. The molecule has 1 aromatic heterocycles. The van der Waals surface area contributed by atoms with Crippen molar-refractivity contribution in [1.82, 2.24) is 9.78 Å². The first-order valence-corrected chi connectivity index (χ1v) is 8.29. The molecular formula is C20H27ClN4O2. The number of ether oxygens (including phenoxy) is 2. The van der Waals surface area contributed by atoms with Crippen LogP contribution in [-0.2, 0) is 0 Å². The fraction of sp³-hybridized carbons (Fsp3) is 0.250. The Labute approximate surface area is 166 Å². The van der Waals surface area contributed by atoms with Gasteiger partial charge in [0.1, 0.15) is 17.2 Å². The van der Waals surface area contributed by atoms with E-state index in [1.807, 2.05) is 60.1 Å². The van der Waals surface area contributed by atoms with Gasteiger partial charge in [-0.3, -0.25) is 5.84 Å². The van der Waals surface area contributed by atoms with Gasteiger partial charge >= 0.3 is 0 Å². The molecule has 0 atom stereocenters. The number of nitrogens with two attached hydrogens (primary N) is 1. The number of hydrogen-bond acceptors (Lipinski definition) is 5. The number of halogens is 1. The Morgan fingerprint density at radius 2 is 1.44 bits per heavy atom. The quantitative estimate of drug-likeness (QED) is 0.515. The van der Waals surface area contributed by atoms with Crippen molar-refractivity contribution in [3.8, 4) is 17.2 Å². The number of nitrogen functional groups attached to an aromatic ring is 1. The number of hydrogen-bond donors (Lipinski definition) is 2. The number of para-hydroxylation sites is 4. The van der Waals surface area contributed by atoms with E-state index in [1.54, 1.807) is 14.2 Å². The first-order chi connectivity index (χ1) is 12.5. The molecule has 1 heterocycles. The van der Waals surface area contributed by atoms with Gasteiger partial charge in [0.05, 0.1) is 25.6 Å². The third-order valence-corrected chi connectivity index (χ3v) is 4.23. The minimum absolute atomic E-state index is 0. The zero-order valence-corrected chi connectivity index (χ0v) is 17.1. The van der Waals surface area contributed by atoms with Gasteiger partial charge in [0.25, 0.3) is 0 Å². The van der Waals surface area contributed by atoms with Crippen molar-refractivity contribution in [2.24, 2.45) is 5.84 Å². The van der Waals surface area contributed by atoms with Crippen LogP contribution >= 0.6 is 12.4 Å². The van der Waals surface area contributed by atoms with Crippen LogP contribution in [0.2, 0.25) is 0 Å². The zero-order valence-electron chi connectivity index (χ0n) is 16.3. The lowest BCUT2D eigenvalue weighted by molar-refractivity contribution is 0.411. The van der Waals surface area contributed by atoms with Crippen molar-refractivity contribution in [2.75, 3.05) is 19.6 Å². The van der Waals surface area contributed by atoms with E-state index in [1.165, 1.54) is 5.56 Å². The van der Waals surface area contributed by atoms with Gasteiger partial charge in [0.2, 0.25) is 0 Å². The van der Waals surface area contributed by atoms with E-state index < -0.39 is 0 Å². The number of aryl methyl sites for hydroxylation is 1. The van der Waals surface area contributed by atoms with Crippen molar-refractivity contribution in [2.45, 2.75) is 20.8 Å². The summed E-state index contributed by atoms with van der Waals surface area (Å²) in [5.74, 6) is 6.79. The molecule has 3 rings (SSSR count). The molecule has 27 heavy (non-hydrogen) atoms. The molecule has 0 aliphatic heterocycles. The molecular weight excluding hydrogens is 364 g/mol. The molecule has 0 saturated heterocycles. The Bertz CT molecular complexity index is 842. The van der Waals surface area contributed by atoms with E-state index in [2.05, 4.69) is 24.4 Å². The molecule has 0 fully saturated rings. The Morgan fingerprint density at radius 3 is 1.93 bits per heavy atom. The lowest BCUT2D eigenvalue weighted by Gasteiger charge is -2.09. The van der Waals surface area contributed by atoms with Gasteiger partial charge in [-0.2, -0.15) is 5.10 Å². The predicted molar refractivity (Wildman–Crippen MR) is 112 cm³/mol. The van der Waals surface area contributed by atoms with Crippen molar-refractivity contribution < 1.29 is 9.47 Å². The number of nitrogens with zero attached hydrogens (tertiary/aromatic N) is 2. The number of rotatable bonds is 4. The van der Waals surface area contributed by atoms with Crippen LogP contribution < -0.4 is 20.7 Å². The van der Waals surface area contributed by atoms with Gasteiger partial charge < -0.3 is 14.9 Å². The first kappa shape index (κ1) is 22.3. The Kier molecular flexibility index (Phi) is 8.65. The van der Waals surface area contributed by atoms with Gasteiger partial charge in [0, 0.05) is 5.69 Å². The Morgan fingerprint density at radius 1 is 0.889 bits per heavy atom. The smallest absolute Gasteiger partial charge is 0.144 e. The number of aromatic nitrogens is 2. The highest BCUT2D eigenvalue weighted by atomic mass is 35.5. The molecule has 3 aromatic rings. The second-order valence-electron chi connectivity index (χ2n) is 5.72. The zero-order chi connectivity index (χ0) is 19.1. The van der Waals surface area contributed by atoms with Crippen molar-refractivity contribution in [3.63, 3.8) is 0 Å². The Balaban J connectivity index is 0.000000288. The van der Waals surface area contributed by atoms with Gasteiger partial charge in [-0.25, -0.2) is 4.68 Å². The maximum atomic E-state index is 5.34. The molecule has 3 N–H and O–H groups in total. The van der Waals surface area contributed by atoms with Gasteiger partial charge in [-0.05, 0) is 50.6 Å². The standard InChI is InChI=1S/C13H16N2O.C7H10N2O.ClH/c1-9-10(2)14-15(11(9)3)12-7-5-6-8-13(12)16-4;1-10-7-5-3-2-4-6(7)9-8;/h5-8H,1-4H3;2-5,9H,8H2,1H3;1H. The highest BCUT2D eigenvalue weighted by Gasteiger charge is 2.11. The van der Waals surface area contributed by atoms with Gasteiger partial charge in [0.15, 0.2) is 0 Å². The van der Waals surface area contributed by atoms with Crippen LogP contribution in [0, 0.1) is 20.8 Å². The van der Waals surface area contributed by atoms with Crippen LogP contribution in [0.4, 0.5) is 5.69 Å². The van der Waals surface area contributed by atoms with Crippen LogP contribution in [0.5, 0.6) is 11.5 Å². The van der Waals surface area contributed by atoms with Crippen molar-refractivity contribution in [3.05, 3.63) is 65.5 Å². The molecule has 0 spiro atoms. The van der Waals surface area contributed by atoms with Crippen LogP contribution in [0.1, 0.15) is 17.0 Å².